The van der Waals surface area contributed by atoms with E-state index in [2.05, 4.69) is 99.8 Å². The fourth-order valence-corrected chi connectivity index (χ4v) is 5.23. The van der Waals surface area contributed by atoms with Gasteiger partial charge >= 0.3 is 5.97 Å². The van der Waals surface area contributed by atoms with Crippen LogP contribution in [0, 0.1) is 7.14 Å². The number of hydrogen-bond acceptors (Lipinski definition) is 2. The molecule has 2 nitrogen and oxygen atoms in total. The van der Waals surface area contributed by atoms with Gasteiger partial charge in [-0.1, -0.05) is 6.07 Å². The number of rotatable bonds is 4. The SMILES string of the molecule is COC(=O)c1cccc([S+](c2ccc(I)cc2)c2ccc(I)cc2)c1. The molecule has 0 bridgehead atoms. The summed E-state index contributed by atoms with van der Waals surface area (Å²) in [6, 6.07) is 24.8. The predicted molar refractivity (Wildman–Crippen MR) is 118 cm³/mol. The van der Waals surface area contributed by atoms with Gasteiger partial charge in [-0.15, -0.1) is 0 Å². The molecule has 0 heterocycles. The minimum absolute atomic E-state index is 0.274. The third kappa shape index (κ3) is 4.57. The number of carbonyl (C=O) groups is 1. The minimum atomic E-state index is -0.310. The molecule has 0 aliphatic heterocycles. The molecule has 0 N–H and O–H groups in total. The van der Waals surface area contributed by atoms with Crippen LogP contribution < -0.4 is 0 Å². The van der Waals surface area contributed by atoms with Gasteiger partial charge in [0.2, 0.25) is 0 Å². The van der Waals surface area contributed by atoms with Gasteiger partial charge in [0.05, 0.1) is 23.6 Å². The fourth-order valence-electron chi connectivity index (χ4n) is 2.42. The van der Waals surface area contributed by atoms with Crippen LogP contribution in [0.4, 0.5) is 0 Å². The van der Waals surface area contributed by atoms with E-state index in [1.54, 1.807) is 6.07 Å². The lowest BCUT2D eigenvalue weighted by atomic mass is 10.2. The normalized spacial score (nSPS) is 10.7. The van der Waals surface area contributed by atoms with E-state index in [1.165, 1.54) is 24.0 Å². The van der Waals surface area contributed by atoms with Crippen LogP contribution >= 0.6 is 45.2 Å². The molecule has 0 saturated carbocycles. The Balaban J connectivity index is 2.12. The lowest BCUT2D eigenvalue weighted by molar-refractivity contribution is 0.0600. The van der Waals surface area contributed by atoms with E-state index in [-0.39, 0.29) is 16.9 Å². The molecule has 0 radical (unpaired) electrons. The first-order chi connectivity index (χ1) is 12.1. The first-order valence-corrected chi connectivity index (χ1v) is 10.9. The molecule has 5 heteroatoms. The maximum absolute atomic E-state index is 11.9. The van der Waals surface area contributed by atoms with Crippen molar-refractivity contribution in [1.82, 2.24) is 0 Å². The zero-order valence-corrected chi connectivity index (χ0v) is 18.5. The van der Waals surface area contributed by atoms with Crippen LogP contribution in [0.2, 0.25) is 0 Å². The van der Waals surface area contributed by atoms with Gasteiger partial charge in [-0.3, -0.25) is 0 Å². The van der Waals surface area contributed by atoms with Crippen LogP contribution in [0.3, 0.4) is 0 Å². The number of methoxy groups -OCH3 is 1. The summed E-state index contributed by atoms with van der Waals surface area (Å²) >= 11 is 4.63. The summed E-state index contributed by atoms with van der Waals surface area (Å²) in [4.78, 5) is 15.5. The van der Waals surface area contributed by atoms with Gasteiger partial charge in [0.15, 0.2) is 14.7 Å². The summed E-state index contributed by atoms with van der Waals surface area (Å²) < 4.78 is 7.28. The third-order valence-electron chi connectivity index (χ3n) is 3.59. The zero-order chi connectivity index (χ0) is 17.8. The lowest BCUT2D eigenvalue weighted by Crippen LogP contribution is -2.07. The van der Waals surface area contributed by atoms with E-state index in [0.29, 0.717) is 5.56 Å². The number of benzene rings is 3. The lowest BCUT2D eigenvalue weighted by Gasteiger charge is -2.09. The molecule has 25 heavy (non-hydrogen) atoms. The first kappa shape index (κ1) is 18.7. The molecule has 3 aromatic carbocycles. The molecule has 0 aliphatic rings. The predicted octanol–water partition coefficient (Wildman–Crippen LogP) is 5.78. The van der Waals surface area contributed by atoms with Gasteiger partial charge in [-0.2, -0.15) is 0 Å². The smallest absolute Gasteiger partial charge is 0.338 e. The second-order valence-electron chi connectivity index (χ2n) is 5.23. The maximum atomic E-state index is 11.9. The summed E-state index contributed by atoms with van der Waals surface area (Å²) in [6.07, 6.45) is 0. The first-order valence-electron chi connectivity index (χ1n) is 7.52. The van der Waals surface area contributed by atoms with Gasteiger partial charge < -0.3 is 4.74 Å². The van der Waals surface area contributed by atoms with Crippen LogP contribution in [0.5, 0.6) is 0 Å². The highest BCUT2D eigenvalue weighted by Crippen LogP contribution is 2.32. The van der Waals surface area contributed by atoms with Crippen LogP contribution in [0.15, 0.2) is 87.5 Å². The molecule has 0 amide bonds. The van der Waals surface area contributed by atoms with Crippen molar-refractivity contribution < 1.29 is 9.53 Å². The largest absolute Gasteiger partial charge is 0.465 e. The Bertz CT molecular complexity index is 831. The highest BCUT2D eigenvalue weighted by Gasteiger charge is 2.29. The summed E-state index contributed by atoms with van der Waals surface area (Å²) in [5.74, 6) is -0.310. The average molecular weight is 573 g/mol. The molecule has 0 atom stereocenters. The van der Waals surface area contributed by atoms with E-state index in [1.807, 2.05) is 12.1 Å². The Morgan fingerprint density at radius 3 is 1.80 bits per heavy atom. The van der Waals surface area contributed by atoms with E-state index < -0.39 is 0 Å². The molecule has 0 aromatic heterocycles. The highest BCUT2D eigenvalue weighted by atomic mass is 127. The van der Waals surface area contributed by atoms with Crippen LogP contribution in [0.25, 0.3) is 0 Å². The van der Waals surface area contributed by atoms with Crippen molar-refractivity contribution in [3.63, 3.8) is 0 Å². The van der Waals surface area contributed by atoms with Gasteiger partial charge in [0.1, 0.15) is 0 Å². The third-order valence-corrected chi connectivity index (χ3v) is 7.24. The number of esters is 1. The van der Waals surface area contributed by atoms with Gasteiger partial charge in [-0.05, 0) is 106 Å². The average Bonchev–Trinajstić information content (AvgIpc) is 2.64. The molecule has 0 fully saturated rings. The second kappa shape index (κ2) is 8.55. The van der Waals surface area contributed by atoms with Crippen molar-refractivity contribution in [3.05, 3.63) is 85.5 Å². The zero-order valence-electron chi connectivity index (χ0n) is 13.4. The molecule has 0 spiro atoms. The van der Waals surface area contributed by atoms with E-state index in [9.17, 15) is 4.79 Å². The van der Waals surface area contributed by atoms with Crippen LogP contribution in [-0.4, -0.2) is 13.1 Å². The Morgan fingerprint density at radius 1 is 0.800 bits per heavy atom. The highest BCUT2D eigenvalue weighted by molar-refractivity contribution is 14.1. The van der Waals surface area contributed by atoms with E-state index >= 15 is 0 Å². The molecule has 0 saturated heterocycles. The fraction of sp³-hybridized carbons (Fsp3) is 0.0500. The number of ether oxygens (including phenoxy) is 1. The quantitative estimate of drug-likeness (QED) is 0.225. The number of hydrogen-bond donors (Lipinski definition) is 0. The molecule has 3 aromatic rings. The maximum Gasteiger partial charge on any atom is 0.338 e. The molecule has 126 valence electrons. The monoisotopic (exact) mass is 573 g/mol. The molecular formula is C20H15I2O2S+. The van der Waals surface area contributed by atoms with Crippen molar-refractivity contribution in [2.75, 3.05) is 7.11 Å². The molecule has 0 unspecified atom stereocenters. The summed E-state index contributed by atoms with van der Waals surface area (Å²) in [5, 5.41) is 0. The van der Waals surface area contributed by atoms with Crippen molar-refractivity contribution in [2.45, 2.75) is 14.7 Å². The molecule has 0 aliphatic carbocycles. The Hall–Kier alpha value is -1.06. The summed E-state index contributed by atoms with van der Waals surface area (Å²) in [7, 11) is 1.14. The van der Waals surface area contributed by atoms with Crippen molar-refractivity contribution >= 4 is 62.0 Å². The van der Waals surface area contributed by atoms with E-state index in [4.69, 9.17) is 4.74 Å². The Kier molecular flexibility index (Phi) is 6.40. The topological polar surface area (TPSA) is 26.3 Å². The van der Waals surface area contributed by atoms with Crippen molar-refractivity contribution in [1.29, 1.82) is 0 Å². The van der Waals surface area contributed by atoms with E-state index in [0.717, 1.165) is 4.90 Å². The van der Waals surface area contributed by atoms with Gasteiger partial charge in [-0.25, -0.2) is 4.79 Å². The standard InChI is InChI=1S/C20H15I2O2S/c1-24-20(23)14-3-2-4-19(13-14)25(17-9-5-15(21)6-10-17)18-11-7-16(22)8-12-18/h2-13H,1H3/q+1. The molecular weight excluding hydrogens is 558 g/mol. The Labute approximate surface area is 177 Å². The summed E-state index contributed by atoms with van der Waals surface area (Å²) in [6.45, 7) is 0. The van der Waals surface area contributed by atoms with Crippen LogP contribution in [0.1, 0.15) is 10.4 Å². The molecule has 3 rings (SSSR count). The van der Waals surface area contributed by atoms with Crippen LogP contribution in [-0.2, 0) is 15.6 Å². The minimum Gasteiger partial charge on any atom is -0.465 e. The summed E-state index contributed by atoms with van der Waals surface area (Å²) in [5.41, 5.74) is 0.577. The van der Waals surface area contributed by atoms with Crippen molar-refractivity contribution in [2.24, 2.45) is 0 Å². The Morgan fingerprint density at radius 2 is 1.32 bits per heavy atom. The second-order valence-corrected chi connectivity index (χ2v) is 9.75. The number of halogens is 2. The van der Waals surface area contributed by atoms with Crippen molar-refractivity contribution in [3.8, 4) is 0 Å². The van der Waals surface area contributed by atoms with Gasteiger partial charge in [0, 0.05) is 13.2 Å². The van der Waals surface area contributed by atoms with Gasteiger partial charge in [0.25, 0.3) is 0 Å². The number of carbonyl (C=O) groups excluding carboxylic acids is 1.